The van der Waals surface area contributed by atoms with E-state index in [1.807, 2.05) is 29.2 Å². The van der Waals surface area contributed by atoms with Crippen molar-refractivity contribution < 1.29 is 0 Å². The summed E-state index contributed by atoms with van der Waals surface area (Å²) in [6, 6.07) is 6.06. The van der Waals surface area contributed by atoms with Gasteiger partial charge in [0, 0.05) is 23.5 Å². The minimum Gasteiger partial charge on any atom is -0.272 e. The molecule has 0 radical (unpaired) electrons. The van der Waals surface area contributed by atoms with Crippen molar-refractivity contribution in [2.24, 2.45) is 0 Å². The first-order valence-electron chi connectivity index (χ1n) is 6.73. The Hall–Kier alpha value is -1.64. The van der Waals surface area contributed by atoms with Crippen molar-refractivity contribution in [1.82, 2.24) is 14.8 Å². The van der Waals surface area contributed by atoms with Crippen LogP contribution in [0.25, 0.3) is 0 Å². The fraction of sp³-hybridized carbons (Fsp3) is 0.500. The van der Waals surface area contributed by atoms with Gasteiger partial charge in [0.2, 0.25) is 0 Å². The smallest absolute Gasteiger partial charge is 0.0527 e. The van der Waals surface area contributed by atoms with Crippen LogP contribution in [0.4, 0.5) is 0 Å². The highest BCUT2D eigenvalue weighted by molar-refractivity contribution is 5.17. The molecule has 0 atom stereocenters. The summed E-state index contributed by atoms with van der Waals surface area (Å²) in [6.07, 6.45) is 5.96. The number of pyridine rings is 1. The van der Waals surface area contributed by atoms with Gasteiger partial charge in [-0.25, -0.2) is 0 Å². The van der Waals surface area contributed by atoms with Gasteiger partial charge >= 0.3 is 0 Å². The molecule has 0 unspecified atom stereocenters. The maximum atomic E-state index is 4.48. The van der Waals surface area contributed by atoms with E-state index in [9.17, 15) is 0 Å². The van der Waals surface area contributed by atoms with Gasteiger partial charge in [-0.3, -0.25) is 9.67 Å². The van der Waals surface area contributed by atoms with E-state index in [1.165, 1.54) is 5.56 Å². The Kier molecular flexibility index (Phi) is 3.48. The van der Waals surface area contributed by atoms with Crippen molar-refractivity contribution in [2.75, 3.05) is 0 Å². The lowest BCUT2D eigenvalue weighted by molar-refractivity contribution is 0.398. The number of nitrogens with zero attached hydrogens (tertiary/aromatic N) is 3. The van der Waals surface area contributed by atoms with E-state index < -0.39 is 0 Å². The lowest BCUT2D eigenvalue weighted by Crippen LogP contribution is -2.26. The van der Waals surface area contributed by atoms with E-state index in [4.69, 9.17) is 0 Å². The van der Waals surface area contributed by atoms with Crippen LogP contribution in [0, 0.1) is 0 Å². The van der Waals surface area contributed by atoms with Gasteiger partial charge in [-0.1, -0.05) is 40.7 Å². The molecule has 19 heavy (non-hydrogen) atoms. The predicted molar refractivity (Wildman–Crippen MR) is 78.2 cm³/mol. The lowest BCUT2D eigenvalue weighted by atomic mass is 9.88. The van der Waals surface area contributed by atoms with Crippen LogP contribution in [0.2, 0.25) is 0 Å². The maximum absolute atomic E-state index is 4.48. The molecule has 102 valence electrons. The Bertz CT molecular complexity index is 533. The molecule has 0 fully saturated rings. The third-order valence-electron chi connectivity index (χ3n) is 3.41. The fourth-order valence-electron chi connectivity index (χ4n) is 2.09. The Morgan fingerprint density at radius 2 is 1.84 bits per heavy atom. The number of aromatic nitrogens is 3. The van der Waals surface area contributed by atoms with E-state index in [1.54, 1.807) is 0 Å². The van der Waals surface area contributed by atoms with E-state index in [2.05, 4.69) is 57.0 Å². The number of hydrogen-bond acceptors (Lipinski definition) is 2. The molecule has 2 aromatic heterocycles. The summed E-state index contributed by atoms with van der Waals surface area (Å²) in [7, 11) is 0. The molecule has 0 saturated heterocycles. The molecule has 2 rings (SSSR count). The second kappa shape index (κ2) is 4.80. The zero-order valence-electron chi connectivity index (χ0n) is 12.5. The molecule has 0 N–H and O–H groups in total. The predicted octanol–water partition coefficient (Wildman–Crippen LogP) is 3.55. The first kappa shape index (κ1) is 13.8. The monoisotopic (exact) mass is 257 g/mol. The standard InChI is InChI=1S/C16H23N3/c1-15(2,3)13-10-18-19(11-13)12-16(4,5)14-8-6-7-9-17-14/h6-11H,12H2,1-5H3. The second-order valence-electron chi connectivity index (χ2n) is 6.78. The summed E-state index contributed by atoms with van der Waals surface area (Å²) >= 11 is 0. The summed E-state index contributed by atoms with van der Waals surface area (Å²) in [5.41, 5.74) is 2.49. The molecule has 0 bridgehead atoms. The van der Waals surface area contributed by atoms with E-state index in [-0.39, 0.29) is 10.8 Å². The third-order valence-corrected chi connectivity index (χ3v) is 3.41. The first-order valence-corrected chi connectivity index (χ1v) is 6.73. The number of hydrogen-bond donors (Lipinski definition) is 0. The normalized spacial score (nSPS) is 12.7. The number of rotatable bonds is 3. The molecule has 3 heteroatoms. The van der Waals surface area contributed by atoms with Gasteiger partial charge in [-0.2, -0.15) is 5.10 Å². The average molecular weight is 257 g/mol. The zero-order chi connectivity index (χ0) is 14.1. The van der Waals surface area contributed by atoms with E-state index >= 15 is 0 Å². The Morgan fingerprint density at radius 3 is 2.37 bits per heavy atom. The summed E-state index contributed by atoms with van der Waals surface area (Å²) in [5, 5.41) is 4.48. The van der Waals surface area contributed by atoms with Crippen molar-refractivity contribution in [1.29, 1.82) is 0 Å². The molecule has 0 amide bonds. The van der Waals surface area contributed by atoms with Gasteiger partial charge in [0.15, 0.2) is 0 Å². The summed E-state index contributed by atoms with van der Waals surface area (Å²) < 4.78 is 2.02. The molecule has 0 aliphatic carbocycles. The van der Waals surface area contributed by atoms with Crippen molar-refractivity contribution in [3.05, 3.63) is 48.0 Å². The van der Waals surface area contributed by atoms with Crippen molar-refractivity contribution in [2.45, 2.75) is 52.0 Å². The van der Waals surface area contributed by atoms with Gasteiger partial charge < -0.3 is 0 Å². The topological polar surface area (TPSA) is 30.7 Å². The molecule has 2 aromatic rings. The summed E-state index contributed by atoms with van der Waals surface area (Å²) in [5.74, 6) is 0. The molecule has 0 spiro atoms. The van der Waals surface area contributed by atoms with Crippen LogP contribution >= 0.6 is 0 Å². The largest absolute Gasteiger partial charge is 0.272 e. The maximum Gasteiger partial charge on any atom is 0.0527 e. The average Bonchev–Trinajstić information content (AvgIpc) is 2.78. The molecule has 0 saturated carbocycles. The molecule has 0 aliphatic heterocycles. The van der Waals surface area contributed by atoms with Crippen molar-refractivity contribution >= 4 is 0 Å². The molecule has 3 nitrogen and oxygen atoms in total. The second-order valence-corrected chi connectivity index (χ2v) is 6.78. The van der Waals surface area contributed by atoms with Crippen LogP contribution in [0.3, 0.4) is 0 Å². The SMILES string of the molecule is CC(C)(C)c1cnn(CC(C)(C)c2ccccn2)c1. The quantitative estimate of drug-likeness (QED) is 0.842. The van der Waals surface area contributed by atoms with Crippen molar-refractivity contribution in [3.63, 3.8) is 0 Å². The van der Waals surface area contributed by atoms with Crippen LogP contribution in [0.1, 0.15) is 45.9 Å². The van der Waals surface area contributed by atoms with Crippen LogP contribution in [0.5, 0.6) is 0 Å². The van der Waals surface area contributed by atoms with Crippen LogP contribution in [-0.4, -0.2) is 14.8 Å². The molecule has 2 heterocycles. The lowest BCUT2D eigenvalue weighted by Gasteiger charge is -2.24. The minimum atomic E-state index is -0.0254. The molecular formula is C16H23N3. The molecule has 0 aromatic carbocycles. The van der Waals surface area contributed by atoms with Gasteiger partial charge in [0.05, 0.1) is 12.7 Å². The highest BCUT2D eigenvalue weighted by Crippen LogP contribution is 2.25. The van der Waals surface area contributed by atoms with Gasteiger partial charge in [0.25, 0.3) is 0 Å². The Labute approximate surface area is 115 Å². The zero-order valence-corrected chi connectivity index (χ0v) is 12.5. The van der Waals surface area contributed by atoms with Gasteiger partial charge in [-0.05, 0) is 23.1 Å². The van der Waals surface area contributed by atoms with Crippen LogP contribution < -0.4 is 0 Å². The highest BCUT2D eigenvalue weighted by Gasteiger charge is 2.24. The van der Waals surface area contributed by atoms with E-state index in [0.717, 1.165) is 12.2 Å². The van der Waals surface area contributed by atoms with Gasteiger partial charge in [0.1, 0.15) is 0 Å². The Morgan fingerprint density at radius 1 is 1.11 bits per heavy atom. The first-order chi connectivity index (χ1) is 8.79. The summed E-state index contributed by atoms with van der Waals surface area (Å²) in [6.45, 7) is 11.9. The molecule has 0 aliphatic rings. The van der Waals surface area contributed by atoms with Crippen LogP contribution in [-0.2, 0) is 17.4 Å². The minimum absolute atomic E-state index is 0.0254. The van der Waals surface area contributed by atoms with E-state index in [0.29, 0.717) is 0 Å². The Balaban J connectivity index is 2.19. The fourth-order valence-corrected chi connectivity index (χ4v) is 2.09. The molecular weight excluding hydrogens is 234 g/mol. The van der Waals surface area contributed by atoms with Crippen molar-refractivity contribution in [3.8, 4) is 0 Å². The highest BCUT2D eigenvalue weighted by atomic mass is 15.3. The third kappa shape index (κ3) is 3.22. The van der Waals surface area contributed by atoms with Crippen LogP contribution in [0.15, 0.2) is 36.8 Å². The summed E-state index contributed by atoms with van der Waals surface area (Å²) in [4.78, 5) is 4.46. The van der Waals surface area contributed by atoms with Gasteiger partial charge in [-0.15, -0.1) is 0 Å².